The van der Waals surface area contributed by atoms with Crippen LogP contribution in [0.4, 0.5) is 30.7 Å². The van der Waals surface area contributed by atoms with E-state index in [1.165, 1.54) is 31.8 Å². The number of hydrogen-bond acceptors (Lipinski definition) is 2. The lowest BCUT2D eigenvalue weighted by molar-refractivity contribution is -0.145. The van der Waals surface area contributed by atoms with Gasteiger partial charge in [0.25, 0.3) is 0 Å². The van der Waals surface area contributed by atoms with Crippen LogP contribution in [0.15, 0.2) is 36.1 Å². The van der Waals surface area contributed by atoms with E-state index in [-0.39, 0.29) is 24.3 Å². The zero-order valence-electron chi connectivity index (χ0n) is 18.9. The summed E-state index contributed by atoms with van der Waals surface area (Å²) in [4.78, 5) is 0. The second-order valence-electron chi connectivity index (χ2n) is 9.13. The number of allylic oxidation sites excluding steroid dienone is 2. The molecule has 1 aromatic rings. The topological polar surface area (TPSA) is 18.5 Å². The molecule has 1 aromatic carbocycles. The third kappa shape index (κ3) is 7.15. The van der Waals surface area contributed by atoms with Gasteiger partial charge in [0.2, 0.25) is 0 Å². The second-order valence-corrected chi connectivity index (χ2v) is 9.13. The summed E-state index contributed by atoms with van der Waals surface area (Å²) in [6.07, 6.45) is 0.962. The first-order valence-corrected chi connectivity index (χ1v) is 11.6. The van der Waals surface area contributed by atoms with Gasteiger partial charge in [-0.1, -0.05) is 38.7 Å². The van der Waals surface area contributed by atoms with Crippen LogP contribution in [-0.4, -0.2) is 12.3 Å². The summed E-state index contributed by atoms with van der Waals surface area (Å²) in [5.41, 5.74) is -0.238. The van der Waals surface area contributed by atoms with Crippen molar-refractivity contribution in [1.29, 1.82) is 0 Å². The lowest BCUT2D eigenvalue weighted by Crippen LogP contribution is -2.31. The molecule has 0 bridgehead atoms. The smallest absolute Gasteiger partial charge is 0.422 e. The molecule has 0 aromatic heterocycles. The van der Waals surface area contributed by atoms with Gasteiger partial charge in [-0.05, 0) is 49.9 Å². The van der Waals surface area contributed by atoms with Crippen LogP contribution in [0.5, 0.6) is 11.5 Å². The Labute approximate surface area is 194 Å². The van der Waals surface area contributed by atoms with Crippen LogP contribution in [0.25, 0.3) is 0 Å². The van der Waals surface area contributed by atoms with E-state index < -0.39 is 35.4 Å². The summed E-state index contributed by atoms with van der Waals surface area (Å²) in [5, 5.41) is 0. The first kappa shape index (κ1) is 26.4. The van der Waals surface area contributed by atoms with Gasteiger partial charge < -0.3 is 9.47 Å². The Bertz CT molecular complexity index is 861. The molecule has 1 unspecified atom stereocenters. The standard InChI is InChI=1S/C25H29F7O2/c1-2-3-16-4-6-17(7-5-16)18-8-10-19(11-9-18)25(31,32)34-20-14-21(26)23(22(27)15-20)33-13-12-24(28,29)30/h10,12-18H,2-9,11H2,1H3. The van der Waals surface area contributed by atoms with Crippen molar-refractivity contribution in [1.82, 2.24) is 0 Å². The zero-order chi connectivity index (χ0) is 24.9. The Kier molecular flexibility index (Phi) is 8.57. The summed E-state index contributed by atoms with van der Waals surface area (Å²) in [6, 6.07) is 0.906. The summed E-state index contributed by atoms with van der Waals surface area (Å²) in [7, 11) is 0. The predicted octanol–water partition coefficient (Wildman–Crippen LogP) is 8.72. The highest BCUT2D eigenvalue weighted by Gasteiger charge is 2.40. The van der Waals surface area contributed by atoms with Gasteiger partial charge >= 0.3 is 12.3 Å². The summed E-state index contributed by atoms with van der Waals surface area (Å²) >= 11 is 0. The number of rotatable bonds is 8. The van der Waals surface area contributed by atoms with E-state index >= 15 is 0 Å². The van der Waals surface area contributed by atoms with E-state index in [0.717, 1.165) is 18.8 Å². The molecule has 34 heavy (non-hydrogen) atoms. The van der Waals surface area contributed by atoms with Gasteiger partial charge in [0.1, 0.15) is 5.75 Å². The highest BCUT2D eigenvalue weighted by molar-refractivity contribution is 5.36. The van der Waals surface area contributed by atoms with Crippen molar-refractivity contribution >= 4 is 0 Å². The average Bonchev–Trinajstić information content (AvgIpc) is 2.75. The van der Waals surface area contributed by atoms with Crippen molar-refractivity contribution in [3.63, 3.8) is 0 Å². The molecule has 1 atom stereocenters. The van der Waals surface area contributed by atoms with Gasteiger partial charge in [0, 0.05) is 17.7 Å². The molecule has 0 heterocycles. The molecule has 0 radical (unpaired) electrons. The summed E-state index contributed by atoms with van der Waals surface area (Å²) < 4.78 is 103. The number of alkyl halides is 5. The highest BCUT2D eigenvalue weighted by Crippen LogP contribution is 2.43. The minimum Gasteiger partial charge on any atom is -0.459 e. The largest absolute Gasteiger partial charge is 0.459 e. The molecular weight excluding hydrogens is 465 g/mol. The van der Waals surface area contributed by atoms with E-state index in [2.05, 4.69) is 16.4 Å². The maximum atomic E-state index is 14.7. The van der Waals surface area contributed by atoms with E-state index in [0.29, 0.717) is 36.8 Å². The fourth-order valence-electron chi connectivity index (χ4n) is 5.00. The molecule has 2 aliphatic rings. The summed E-state index contributed by atoms with van der Waals surface area (Å²) in [5.74, 6) is -3.22. The molecule has 0 saturated heterocycles. The quantitative estimate of drug-likeness (QED) is 0.204. The first-order valence-electron chi connectivity index (χ1n) is 11.6. The lowest BCUT2D eigenvalue weighted by atomic mass is 9.70. The van der Waals surface area contributed by atoms with Crippen molar-refractivity contribution in [2.45, 2.75) is 77.0 Å². The molecule has 1 saturated carbocycles. The molecular formula is C25H29F7O2. The Morgan fingerprint density at radius 3 is 2.12 bits per heavy atom. The van der Waals surface area contributed by atoms with Crippen LogP contribution >= 0.6 is 0 Å². The molecule has 2 nitrogen and oxygen atoms in total. The van der Waals surface area contributed by atoms with E-state index in [1.807, 2.05) is 0 Å². The molecule has 0 amide bonds. The predicted molar refractivity (Wildman–Crippen MR) is 114 cm³/mol. The van der Waals surface area contributed by atoms with Crippen LogP contribution in [0.3, 0.4) is 0 Å². The molecule has 2 aliphatic carbocycles. The molecule has 3 rings (SSSR count). The van der Waals surface area contributed by atoms with Crippen LogP contribution in [-0.2, 0) is 0 Å². The Hall–Kier alpha value is -2.19. The summed E-state index contributed by atoms with van der Waals surface area (Å²) in [6.45, 7) is 2.18. The van der Waals surface area contributed by atoms with E-state index in [1.54, 1.807) is 0 Å². The third-order valence-corrected chi connectivity index (χ3v) is 6.74. The van der Waals surface area contributed by atoms with Crippen LogP contribution in [0.1, 0.15) is 64.7 Å². The van der Waals surface area contributed by atoms with Crippen LogP contribution in [0.2, 0.25) is 0 Å². The minimum absolute atomic E-state index is 0.0656. The SMILES string of the molecule is CCCC1CCC(C2CC=C(C(F)(F)Oc3cc(F)c(OC=CC(F)(F)F)c(F)c3)CC2)CC1. The monoisotopic (exact) mass is 494 g/mol. The van der Waals surface area contributed by atoms with Gasteiger partial charge in [0.15, 0.2) is 17.4 Å². The maximum absolute atomic E-state index is 14.7. The van der Waals surface area contributed by atoms with E-state index in [9.17, 15) is 30.7 Å². The average molecular weight is 494 g/mol. The minimum atomic E-state index is -4.74. The van der Waals surface area contributed by atoms with Crippen molar-refractivity contribution < 1.29 is 40.2 Å². The third-order valence-electron chi connectivity index (χ3n) is 6.74. The number of ether oxygens (including phenoxy) is 2. The maximum Gasteiger partial charge on any atom is 0.422 e. The lowest BCUT2D eigenvalue weighted by Gasteiger charge is -2.36. The van der Waals surface area contributed by atoms with E-state index in [4.69, 9.17) is 0 Å². The molecule has 1 fully saturated rings. The zero-order valence-corrected chi connectivity index (χ0v) is 18.9. The van der Waals surface area contributed by atoms with Crippen LogP contribution in [0, 0.1) is 29.4 Å². The molecule has 9 heteroatoms. The molecule has 0 spiro atoms. The van der Waals surface area contributed by atoms with Gasteiger partial charge in [-0.2, -0.15) is 22.0 Å². The van der Waals surface area contributed by atoms with Gasteiger partial charge in [0.05, 0.1) is 12.3 Å². The van der Waals surface area contributed by atoms with Crippen LogP contribution < -0.4 is 9.47 Å². The van der Waals surface area contributed by atoms with Crippen molar-refractivity contribution in [3.8, 4) is 11.5 Å². The molecule has 190 valence electrons. The van der Waals surface area contributed by atoms with Gasteiger partial charge in [-0.15, -0.1) is 0 Å². The Morgan fingerprint density at radius 1 is 0.941 bits per heavy atom. The Morgan fingerprint density at radius 2 is 1.59 bits per heavy atom. The van der Waals surface area contributed by atoms with Gasteiger partial charge in [-0.25, -0.2) is 8.78 Å². The number of halogens is 7. The molecule has 0 aliphatic heterocycles. The van der Waals surface area contributed by atoms with Gasteiger partial charge in [-0.3, -0.25) is 0 Å². The fourth-order valence-corrected chi connectivity index (χ4v) is 5.00. The van der Waals surface area contributed by atoms with Crippen molar-refractivity contribution in [3.05, 3.63) is 47.8 Å². The molecule has 0 N–H and O–H groups in total. The Balaban J connectivity index is 1.60. The van der Waals surface area contributed by atoms with Crippen molar-refractivity contribution in [2.24, 2.45) is 17.8 Å². The number of hydrogen-bond donors (Lipinski definition) is 0. The fraction of sp³-hybridized carbons (Fsp3) is 0.600. The second kappa shape index (κ2) is 11.0. The number of benzene rings is 1. The highest BCUT2D eigenvalue weighted by atomic mass is 19.4. The first-order chi connectivity index (χ1) is 16.0. The normalized spacial score (nSPS) is 24.2. The van der Waals surface area contributed by atoms with Crippen molar-refractivity contribution in [2.75, 3.05) is 0 Å².